The molecule has 1 atom stereocenters. The molecule has 1 aromatic carbocycles. The zero-order valence-electron chi connectivity index (χ0n) is 11.3. The molecule has 2 aromatic rings. The van der Waals surface area contributed by atoms with Gasteiger partial charge in [0, 0.05) is 12.7 Å². The van der Waals surface area contributed by atoms with Gasteiger partial charge in [0.25, 0.3) is 0 Å². The van der Waals surface area contributed by atoms with Gasteiger partial charge in [0.2, 0.25) is 5.28 Å². The molecule has 0 fully saturated rings. The van der Waals surface area contributed by atoms with Gasteiger partial charge in [-0.2, -0.15) is 13.2 Å². The second kappa shape index (κ2) is 6.72. The van der Waals surface area contributed by atoms with E-state index in [1.807, 2.05) is 0 Å². The van der Waals surface area contributed by atoms with Crippen LogP contribution in [0, 0.1) is 0 Å². The summed E-state index contributed by atoms with van der Waals surface area (Å²) in [7, 11) is 0. The van der Waals surface area contributed by atoms with E-state index in [4.69, 9.17) is 11.6 Å². The number of aromatic nitrogens is 2. The van der Waals surface area contributed by atoms with Crippen LogP contribution in [0.1, 0.15) is 11.1 Å². The van der Waals surface area contributed by atoms with Crippen LogP contribution in [0.4, 0.5) is 19.0 Å². The highest BCUT2D eigenvalue weighted by atomic mass is 35.5. The number of nitrogens with one attached hydrogen (secondary N) is 1. The molecule has 1 N–H and O–H groups in total. The maximum Gasteiger partial charge on any atom is 0.421 e. The molecule has 0 aliphatic heterocycles. The van der Waals surface area contributed by atoms with Crippen LogP contribution in [-0.2, 0) is 23.9 Å². The van der Waals surface area contributed by atoms with Crippen molar-refractivity contribution in [3.8, 4) is 0 Å². The number of hydrogen-bond donors (Lipinski definition) is 1. The second-order valence-corrected chi connectivity index (χ2v) is 6.07. The van der Waals surface area contributed by atoms with Crippen LogP contribution in [0.15, 0.2) is 35.4 Å². The van der Waals surface area contributed by atoms with Gasteiger partial charge in [0.1, 0.15) is 17.6 Å². The summed E-state index contributed by atoms with van der Waals surface area (Å²) < 4.78 is 50.0. The van der Waals surface area contributed by atoms with Crippen LogP contribution >= 0.6 is 11.6 Å². The highest BCUT2D eigenvalue weighted by molar-refractivity contribution is 7.90. The highest BCUT2D eigenvalue weighted by Crippen LogP contribution is 2.33. The maximum absolute atomic E-state index is 12.9. The minimum atomic E-state index is -4.58. The van der Waals surface area contributed by atoms with Crippen LogP contribution in [0.2, 0.25) is 5.28 Å². The first-order valence-corrected chi connectivity index (χ1v) is 7.97. The topological polar surface area (TPSA) is 60.9 Å². The van der Waals surface area contributed by atoms with Gasteiger partial charge in [-0.25, -0.2) is 9.97 Å². The molecule has 22 heavy (non-hydrogen) atoms. The molecule has 2 rings (SSSR count). The van der Waals surface area contributed by atoms with Gasteiger partial charge in [-0.15, -0.1) is 0 Å². The summed E-state index contributed by atoms with van der Waals surface area (Å²) in [5.41, 5.74) is -0.317. The average Bonchev–Trinajstić information content (AvgIpc) is 2.44. The number of nitrogens with zero attached hydrogens (tertiary/aromatic N) is 2. The minimum Gasteiger partial charge on any atom is -0.612 e. The van der Waals surface area contributed by atoms with Crippen molar-refractivity contribution < 1.29 is 17.7 Å². The number of anilines is 1. The molecule has 0 amide bonds. The first-order chi connectivity index (χ1) is 10.3. The fourth-order valence-electron chi connectivity index (χ4n) is 1.72. The molecule has 0 radical (unpaired) electrons. The number of rotatable bonds is 4. The quantitative estimate of drug-likeness (QED) is 0.678. The van der Waals surface area contributed by atoms with Crippen molar-refractivity contribution >= 4 is 28.6 Å². The van der Waals surface area contributed by atoms with Crippen molar-refractivity contribution in [1.29, 1.82) is 0 Å². The van der Waals surface area contributed by atoms with Crippen molar-refractivity contribution in [2.24, 2.45) is 0 Å². The molecule has 0 aliphatic carbocycles. The third-order valence-electron chi connectivity index (χ3n) is 2.76. The van der Waals surface area contributed by atoms with Gasteiger partial charge >= 0.3 is 6.18 Å². The van der Waals surface area contributed by atoms with Gasteiger partial charge < -0.3 is 9.87 Å². The van der Waals surface area contributed by atoms with Crippen molar-refractivity contribution in [2.45, 2.75) is 17.6 Å². The fourth-order valence-corrected chi connectivity index (χ4v) is 2.44. The first kappa shape index (κ1) is 16.9. The predicted molar refractivity (Wildman–Crippen MR) is 78.1 cm³/mol. The van der Waals surface area contributed by atoms with Crippen LogP contribution in [0.25, 0.3) is 0 Å². The molecular weight excluding hydrogens is 339 g/mol. The molecule has 0 spiro atoms. The lowest BCUT2D eigenvalue weighted by Gasteiger charge is -2.13. The minimum absolute atomic E-state index is 0.0848. The molecule has 0 saturated heterocycles. The Balaban J connectivity index is 2.21. The number of halogens is 4. The summed E-state index contributed by atoms with van der Waals surface area (Å²) in [4.78, 5) is 7.52. The monoisotopic (exact) mass is 349 g/mol. The Morgan fingerprint density at radius 2 is 2.09 bits per heavy atom. The smallest absolute Gasteiger partial charge is 0.421 e. The average molecular weight is 350 g/mol. The third kappa shape index (κ3) is 4.25. The Morgan fingerprint density at radius 3 is 2.73 bits per heavy atom. The second-order valence-electron chi connectivity index (χ2n) is 4.35. The zero-order valence-corrected chi connectivity index (χ0v) is 12.9. The Hall–Kier alpha value is -1.51. The summed E-state index contributed by atoms with van der Waals surface area (Å²) in [5, 5.41) is 2.31. The van der Waals surface area contributed by atoms with Crippen molar-refractivity contribution in [2.75, 3.05) is 11.6 Å². The molecule has 1 unspecified atom stereocenters. The van der Waals surface area contributed by atoms with E-state index in [0.29, 0.717) is 16.7 Å². The normalized spacial score (nSPS) is 13.0. The summed E-state index contributed by atoms with van der Waals surface area (Å²) in [5.74, 6) is -0.393. The Morgan fingerprint density at radius 1 is 1.36 bits per heavy atom. The molecule has 0 bridgehead atoms. The maximum atomic E-state index is 12.9. The Labute approximate surface area is 132 Å². The summed E-state index contributed by atoms with van der Waals surface area (Å²) in [6, 6.07) is 6.73. The van der Waals surface area contributed by atoms with Crippen LogP contribution in [0.3, 0.4) is 0 Å². The standard InChI is InChI=1S/C13H11ClF3N3OS/c1-22(21)9-4-2-3-8(5-9)6-18-11-10(13(15,16)17)7-19-12(14)20-11/h2-5,7H,6H2,1H3,(H,18,19,20). The first-order valence-electron chi connectivity index (χ1n) is 6.03. The van der Waals surface area contributed by atoms with E-state index in [9.17, 15) is 17.7 Å². The molecule has 4 nitrogen and oxygen atoms in total. The van der Waals surface area contributed by atoms with E-state index in [0.717, 1.165) is 0 Å². The molecule has 1 heterocycles. The summed E-state index contributed by atoms with van der Waals surface area (Å²) in [6.45, 7) is 0.0848. The number of alkyl halides is 3. The lowest BCUT2D eigenvalue weighted by molar-refractivity contribution is -0.137. The van der Waals surface area contributed by atoms with Gasteiger partial charge in [-0.05, 0) is 40.5 Å². The number of benzene rings is 1. The van der Waals surface area contributed by atoms with E-state index >= 15 is 0 Å². The largest absolute Gasteiger partial charge is 0.612 e. The van der Waals surface area contributed by atoms with Crippen molar-refractivity contribution in [1.82, 2.24) is 9.97 Å². The lowest BCUT2D eigenvalue weighted by atomic mass is 10.2. The molecule has 9 heteroatoms. The fraction of sp³-hybridized carbons (Fsp3) is 0.231. The van der Waals surface area contributed by atoms with Crippen LogP contribution < -0.4 is 5.32 Å². The molecule has 118 valence electrons. The van der Waals surface area contributed by atoms with Gasteiger partial charge in [-0.1, -0.05) is 12.1 Å². The SMILES string of the molecule is C[S+]([O-])c1cccc(CNc2nc(Cl)ncc2C(F)(F)F)c1. The zero-order chi connectivity index (χ0) is 16.3. The molecule has 1 aromatic heterocycles. The van der Waals surface area contributed by atoms with E-state index in [1.165, 1.54) is 6.26 Å². The van der Waals surface area contributed by atoms with Crippen molar-refractivity contribution in [3.63, 3.8) is 0 Å². The molecule has 0 saturated carbocycles. The Kier molecular flexibility index (Phi) is 5.15. The van der Waals surface area contributed by atoms with E-state index in [2.05, 4.69) is 15.3 Å². The van der Waals surface area contributed by atoms with Gasteiger partial charge in [0.15, 0.2) is 4.90 Å². The van der Waals surface area contributed by atoms with Crippen LogP contribution in [0.5, 0.6) is 0 Å². The van der Waals surface area contributed by atoms with E-state index < -0.39 is 28.7 Å². The third-order valence-corrected chi connectivity index (χ3v) is 3.85. The summed E-state index contributed by atoms with van der Waals surface area (Å²) in [6.07, 6.45) is -2.42. The summed E-state index contributed by atoms with van der Waals surface area (Å²) >= 11 is 4.38. The number of hydrogen-bond acceptors (Lipinski definition) is 4. The lowest BCUT2D eigenvalue weighted by Crippen LogP contribution is -2.13. The van der Waals surface area contributed by atoms with E-state index in [1.54, 1.807) is 24.3 Å². The van der Waals surface area contributed by atoms with Gasteiger partial charge in [0.05, 0.1) is 0 Å². The van der Waals surface area contributed by atoms with Crippen LogP contribution in [-0.4, -0.2) is 20.8 Å². The highest BCUT2D eigenvalue weighted by Gasteiger charge is 2.35. The Bertz CT molecular complexity index is 667. The molecular formula is C13H11ClF3N3OS. The molecule has 0 aliphatic rings. The van der Waals surface area contributed by atoms with Gasteiger partial charge in [-0.3, -0.25) is 0 Å². The van der Waals surface area contributed by atoms with E-state index in [-0.39, 0.29) is 11.8 Å². The van der Waals surface area contributed by atoms with Crippen molar-refractivity contribution in [3.05, 3.63) is 46.9 Å². The predicted octanol–water partition coefficient (Wildman–Crippen LogP) is 3.50.